The lowest BCUT2D eigenvalue weighted by Gasteiger charge is -2.24. The van der Waals surface area contributed by atoms with Crippen LogP contribution < -0.4 is 0 Å². The zero-order chi connectivity index (χ0) is 28.5. The van der Waals surface area contributed by atoms with Crippen LogP contribution in [-0.4, -0.2) is 75.6 Å². The largest absolute Gasteiger partial charge is 0.472 e. The summed E-state index contributed by atoms with van der Waals surface area (Å²) in [6.07, 6.45) is 18.5. The predicted molar refractivity (Wildman–Crippen MR) is 155 cm³/mol. The lowest BCUT2D eigenvalue weighted by atomic mass is 10.1. The van der Waals surface area contributed by atoms with E-state index in [1.807, 2.05) is 21.1 Å². The summed E-state index contributed by atoms with van der Waals surface area (Å²) in [5.74, 6) is -0.319. The van der Waals surface area contributed by atoms with E-state index in [0.717, 1.165) is 32.1 Å². The van der Waals surface area contributed by atoms with E-state index in [4.69, 9.17) is 18.5 Å². The highest BCUT2D eigenvalue weighted by atomic mass is 31.2. The number of ether oxygens (including phenoxy) is 2. The van der Waals surface area contributed by atoms with Crippen molar-refractivity contribution in [1.82, 2.24) is 0 Å². The average molecular weight is 567 g/mol. The van der Waals surface area contributed by atoms with Crippen LogP contribution in [0.3, 0.4) is 0 Å². The van der Waals surface area contributed by atoms with Crippen LogP contribution in [-0.2, 0) is 27.9 Å². The molecule has 2 unspecified atom stereocenters. The maximum Gasteiger partial charge on any atom is 0.472 e. The zero-order valence-corrected chi connectivity index (χ0v) is 26.3. The van der Waals surface area contributed by atoms with Gasteiger partial charge in [-0.25, -0.2) is 4.57 Å². The van der Waals surface area contributed by atoms with Gasteiger partial charge in [0.05, 0.1) is 34.4 Å². The summed E-state index contributed by atoms with van der Waals surface area (Å²) in [5.41, 5.74) is 0. The van der Waals surface area contributed by atoms with Crippen molar-refractivity contribution in [3.63, 3.8) is 0 Å². The normalized spacial score (nSPS) is 14.4. The van der Waals surface area contributed by atoms with E-state index < -0.39 is 13.9 Å². The Kier molecular flexibility index (Phi) is 24.0. The van der Waals surface area contributed by atoms with Crippen LogP contribution in [0.15, 0.2) is 0 Å². The molecule has 0 aromatic rings. The zero-order valence-electron chi connectivity index (χ0n) is 25.4. The third-order valence-corrected chi connectivity index (χ3v) is 7.40. The molecule has 0 heterocycles. The molecule has 0 saturated carbocycles. The molecule has 8 nitrogen and oxygen atoms in total. The van der Waals surface area contributed by atoms with E-state index in [1.54, 1.807) is 0 Å². The number of phosphoric ester groups is 1. The minimum atomic E-state index is -4.24. The average Bonchev–Trinajstić information content (AvgIpc) is 2.84. The summed E-state index contributed by atoms with van der Waals surface area (Å²) in [5, 5.41) is 0. The van der Waals surface area contributed by atoms with E-state index in [1.165, 1.54) is 70.6 Å². The first kappa shape index (κ1) is 37.5. The molecule has 0 aliphatic carbocycles. The molecule has 1 N–H and O–H groups in total. The molecule has 0 aliphatic heterocycles. The molecule has 0 amide bonds. The fraction of sp³-hybridized carbons (Fsp3) is 0.966. The van der Waals surface area contributed by atoms with Gasteiger partial charge in [-0.05, 0) is 12.8 Å². The van der Waals surface area contributed by atoms with Gasteiger partial charge in [0.2, 0.25) is 0 Å². The van der Waals surface area contributed by atoms with Crippen molar-refractivity contribution in [1.29, 1.82) is 0 Å². The molecule has 0 fully saturated rings. The Balaban J connectivity index is 4.36. The smallest absolute Gasteiger partial charge is 0.457 e. The van der Waals surface area contributed by atoms with Gasteiger partial charge in [0, 0.05) is 13.0 Å². The summed E-state index contributed by atoms with van der Waals surface area (Å²) >= 11 is 0. The van der Waals surface area contributed by atoms with E-state index in [-0.39, 0.29) is 25.8 Å². The lowest BCUT2D eigenvalue weighted by molar-refractivity contribution is -0.870. The van der Waals surface area contributed by atoms with Gasteiger partial charge in [-0.3, -0.25) is 13.8 Å². The SMILES string of the molecule is CCCCCCCCCCCCC(=O)OC(COCCCCCCCC)COP(=O)(O)OCC[N+](C)(C)C. The molecule has 0 aromatic heterocycles. The first-order valence-electron chi connectivity index (χ1n) is 15.3. The molecular weight excluding hydrogens is 505 g/mol. The first-order valence-corrected chi connectivity index (χ1v) is 16.8. The van der Waals surface area contributed by atoms with Gasteiger partial charge in [-0.2, -0.15) is 0 Å². The second kappa shape index (κ2) is 24.3. The van der Waals surface area contributed by atoms with Crippen LogP contribution in [0.4, 0.5) is 0 Å². The summed E-state index contributed by atoms with van der Waals surface area (Å²) < 4.78 is 34.4. The predicted octanol–water partition coefficient (Wildman–Crippen LogP) is 7.43. The molecular formula is C29H61NO7P+. The van der Waals surface area contributed by atoms with E-state index in [2.05, 4.69) is 13.8 Å². The second-order valence-corrected chi connectivity index (χ2v) is 13.0. The topological polar surface area (TPSA) is 91.3 Å². The highest BCUT2D eigenvalue weighted by Crippen LogP contribution is 2.43. The van der Waals surface area contributed by atoms with Gasteiger partial charge >= 0.3 is 13.8 Å². The number of unbranched alkanes of at least 4 members (excludes halogenated alkanes) is 14. The van der Waals surface area contributed by atoms with Crippen molar-refractivity contribution in [3.8, 4) is 0 Å². The Morgan fingerprint density at radius 1 is 0.711 bits per heavy atom. The highest BCUT2D eigenvalue weighted by molar-refractivity contribution is 7.47. The van der Waals surface area contributed by atoms with Gasteiger partial charge in [-0.15, -0.1) is 0 Å². The summed E-state index contributed by atoms with van der Waals surface area (Å²) in [6, 6.07) is 0. The number of carbonyl (C=O) groups is 1. The van der Waals surface area contributed by atoms with Crippen LogP contribution >= 0.6 is 7.82 Å². The third-order valence-electron chi connectivity index (χ3n) is 6.42. The maximum absolute atomic E-state index is 12.4. The molecule has 0 saturated heterocycles. The summed E-state index contributed by atoms with van der Waals surface area (Å²) in [4.78, 5) is 22.5. The Hall–Kier alpha value is -0.500. The Morgan fingerprint density at radius 3 is 1.74 bits per heavy atom. The first-order chi connectivity index (χ1) is 18.1. The van der Waals surface area contributed by atoms with Gasteiger partial charge in [0.15, 0.2) is 0 Å². The number of phosphoric acid groups is 1. The van der Waals surface area contributed by atoms with Gasteiger partial charge < -0.3 is 18.9 Å². The van der Waals surface area contributed by atoms with Crippen molar-refractivity contribution in [2.75, 3.05) is 54.1 Å². The fourth-order valence-electron chi connectivity index (χ4n) is 3.96. The number of quaternary nitrogens is 1. The van der Waals surface area contributed by atoms with Gasteiger partial charge in [-0.1, -0.05) is 104 Å². The minimum absolute atomic E-state index is 0.0923. The number of likely N-dealkylation sites (N-methyl/N-ethyl adjacent to an activating group) is 1. The van der Waals surface area contributed by atoms with Crippen molar-refractivity contribution < 1.29 is 37.3 Å². The van der Waals surface area contributed by atoms with E-state index in [0.29, 0.717) is 24.1 Å². The third kappa shape index (κ3) is 27.1. The number of rotatable bonds is 28. The monoisotopic (exact) mass is 566 g/mol. The van der Waals surface area contributed by atoms with E-state index >= 15 is 0 Å². The van der Waals surface area contributed by atoms with Crippen LogP contribution in [0, 0.1) is 0 Å². The molecule has 9 heteroatoms. The molecule has 0 bridgehead atoms. The second-order valence-electron chi connectivity index (χ2n) is 11.5. The summed E-state index contributed by atoms with van der Waals surface area (Å²) in [7, 11) is 1.67. The number of nitrogens with zero attached hydrogens (tertiary/aromatic N) is 1. The van der Waals surface area contributed by atoms with Crippen LogP contribution in [0.1, 0.15) is 123 Å². The number of hydrogen-bond acceptors (Lipinski definition) is 6. The minimum Gasteiger partial charge on any atom is -0.457 e. The summed E-state index contributed by atoms with van der Waals surface area (Å²) in [6.45, 7) is 5.55. The van der Waals surface area contributed by atoms with Gasteiger partial charge in [0.1, 0.15) is 19.3 Å². The molecule has 228 valence electrons. The van der Waals surface area contributed by atoms with E-state index in [9.17, 15) is 14.3 Å². The number of carbonyl (C=O) groups excluding carboxylic acids is 1. The highest BCUT2D eigenvalue weighted by Gasteiger charge is 2.26. The molecule has 0 aliphatic rings. The van der Waals surface area contributed by atoms with Gasteiger partial charge in [0.25, 0.3) is 0 Å². The van der Waals surface area contributed by atoms with Crippen molar-refractivity contribution in [2.24, 2.45) is 0 Å². The number of hydrogen-bond donors (Lipinski definition) is 1. The lowest BCUT2D eigenvalue weighted by Crippen LogP contribution is -2.37. The number of esters is 1. The maximum atomic E-state index is 12.4. The molecule has 2 atom stereocenters. The van der Waals surface area contributed by atoms with Crippen molar-refractivity contribution in [2.45, 2.75) is 129 Å². The fourth-order valence-corrected chi connectivity index (χ4v) is 4.70. The van der Waals surface area contributed by atoms with Crippen molar-refractivity contribution >= 4 is 13.8 Å². The molecule has 0 aromatic carbocycles. The Bertz CT molecular complexity index is 598. The molecule has 0 radical (unpaired) electrons. The standard InChI is InChI=1S/C29H60NO7P/c1-6-8-10-12-14-15-16-17-18-20-22-29(31)37-28(26-34-24-21-19-13-11-9-7-2)27-36-38(32,33)35-25-23-30(3,4)5/h28H,6-27H2,1-5H3/p+1. The molecule has 0 rings (SSSR count). The quantitative estimate of drug-likeness (QED) is 0.0456. The van der Waals surface area contributed by atoms with Crippen LogP contribution in [0.5, 0.6) is 0 Å². The molecule has 38 heavy (non-hydrogen) atoms. The Labute approximate surface area is 234 Å². The van der Waals surface area contributed by atoms with Crippen LogP contribution in [0.25, 0.3) is 0 Å². The van der Waals surface area contributed by atoms with Crippen LogP contribution in [0.2, 0.25) is 0 Å². The molecule has 0 spiro atoms. The Morgan fingerprint density at radius 2 is 1.21 bits per heavy atom. The van der Waals surface area contributed by atoms with Crippen molar-refractivity contribution in [3.05, 3.63) is 0 Å².